The van der Waals surface area contributed by atoms with E-state index in [0.29, 0.717) is 0 Å². The first-order valence-corrected chi connectivity index (χ1v) is 11.7. The number of halogens is 2. The minimum absolute atomic E-state index is 0.0879. The van der Waals surface area contributed by atoms with Crippen molar-refractivity contribution in [2.45, 2.75) is 51.3 Å². The molecular weight excluding hydrogens is 416 g/mol. The fourth-order valence-corrected chi connectivity index (χ4v) is 4.92. The summed E-state index contributed by atoms with van der Waals surface area (Å²) in [5, 5.41) is 0. The van der Waals surface area contributed by atoms with Crippen LogP contribution in [0.5, 0.6) is 0 Å². The molecule has 2 aromatic rings. The summed E-state index contributed by atoms with van der Waals surface area (Å²) in [6.45, 7) is 6.11. The number of hydrogen-bond donors (Lipinski definition) is 0. The molecule has 0 amide bonds. The SMILES string of the molecule is CCCCC(CC)CN(c1ccc(F)[c]([Ti])c1F)S(=O)(=O)c1ccc(C)cc1. The predicted octanol–water partition coefficient (Wildman–Crippen LogP) is 4.86. The van der Waals surface area contributed by atoms with E-state index in [9.17, 15) is 17.2 Å². The molecular formula is C21H26F2NO2STi. The Kier molecular flexibility index (Phi) is 8.23. The van der Waals surface area contributed by atoms with Crippen LogP contribution in [-0.2, 0) is 30.5 Å². The molecule has 0 aliphatic carbocycles. The van der Waals surface area contributed by atoms with Crippen LogP contribution in [0.4, 0.5) is 14.5 Å². The van der Waals surface area contributed by atoms with Crippen LogP contribution in [0.2, 0.25) is 0 Å². The molecule has 0 heterocycles. The number of aryl methyl sites for hydroxylation is 1. The number of sulfonamides is 1. The van der Waals surface area contributed by atoms with E-state index in [1.807, 2.05) is 13.8 Å². The summed E-state index contributed by atoms with van der Waals surface area (Å²) in [7, 11) is -3.98. The van der Waals surface area contributed by atoms with Crippen LogP contribution in [0.3, 0.4) is 0 Å². The third-order valence-corrected chi connectivity index (χ3v) is 7.43. The van der Waals surface area contributed by atoms with E-state index in [-0.39, 0.29) is 26.9 Å². The molecule has 0 aliphatic heterocycles. The number of unbranched alkanes of at least 4 members (excludes halogenated alkanes) is 1. The molecule has 151 valence electrons. The average molecular weight is 442 g/mol. The summed E-state index contributed by atoms with van der Waals surface area (Å²) < 4.78 is 56.4. The molecule has 2 aromatic carbocycles. The van der Waals surface area contributed by atoms with Gasteiger partial charge in [0.25, 0.3) is 0 Å². The van der Waals surface area contributed by atoms with E-state index in [1.165, 1.54) is 38.6 Å². The molecule has 0 N–H and O–H groups in total. The first-order chi connectivity index (χ1) is 13.2. The molecule has 1 atom stereocenters. The van der Waals surface area contributed by atoms with Gasteiger partial charge in [-0.3, -0.25) is 0 Å². The summed E-state index contributed by atoms with van der Waals surface area (Å²) >= 11 is 1.32. The summed E-state index contributed by atoms with van der Waals surface area (Å²) in [6.07, 6.45) is 3.61. The third-order valence-electron chi connectivity index (χ3n) is 4.92. The summed E-state index contributed by atoms with van der Waals surface area (Å²) in [5.74, 6) is -1.43. The van der Waals surface area contributed by atoms with Crippen LogP contribution >= 0.6 is 0 Å². The van der Waals surface area contributed by atoms with E-state index in [0.717, 1.165) is 41.6 Å². The van der Waals surface area contributed by atoms with Gasteiger partial charge in [0, 0.05) is 0 Å². The minimum atomic E-state index is -3.98. The van der Waals surface area contributed by atoms with Gasteiger partial charge in [-0.15, -0.1) is 0 Å². The van der Waals surface area contributed by atoms with Gasteiger partial charge in [-0.1, -0.05) is 0 Å². The van der Waals surface area contributed by atoms with Gasteiger partial charge in [0.2, 0.25) is 0 Å². The number of benzene rings is 2. The second-order valence-electron chi connectivity index (χ2n) is 7.02. The molecule has 0 aromatic heterocycles. The van der Waals surface area contributed by atoms with Gasteiger partial charge in [-0.05, 0) is 0 Å². The van der Waals surface area contributed by atoms with E-state index in [4.69, 9.17) is 0 Å². The second-order valence-corrected chi connectivity index (χ2v) is 9.66. The Bertz CT molecular complexity index is 901. The maximum absolute atomic E-state index is 14.9. The van der Waals surface area contributed by atoms with Gasteiger partial charge in [0.15, 0.2) is 0 Å². The van der Waals surface area contributed by atoms with Crippen molar-refractivity contribution in [3.05, 3.63) is 53.6 Å². The molecule has 0 spiro atoms. The zero-order valence-corrected chi connectivity index (χ0v) is 18.9. The normalized spacial score (nSPS) is 12.7. The number of nitrogens with zero attached hydrogens (tertiary/aromatic N) is 1. The summed E-state index contributed by atoms with van der Waals surface area (Å²) in [4.78, 5) is 0.102. The van der Waals surface area contributed by atoms with E-state index in [2.05, 4.69) is 6.92 Å². The zero-order valence-electron chi connectivity index (χ0n) is 16.5. The van der Waals surface area contributed by atoms with Gasteiger partial charge < -0.3 is 0 Å². The summed E-state index contributed by atoms with van der Waals surface area (Å²) in [6, 6.07) is 8.82. The van der Waals surface area contributed by atoms with E-state index < -0.39 is 21.7 Å². The standard InChI is InChI=1S/C21H26F2NO2S.Ti/c1-4-6-7-17(5-2)15-24(21-13-10-18(22)14-20(21)23)27(25,26)19-11-8-16(3)9-12-19;/h8-13,17H,4-7,15H2,1-3H3;. The van der Waals surface area contributed by atoms with Crippen LogP contribution < -0.4 is 8.17 Å². The Morgan fingerprint density at radius 3 is 2.29 bits per heavy atom. The van der Waals surface area contributed by atoms with Crippen molar-refractivity contribution in [3.63, 3.8) is 0 Å². The second kappa shape index (κ2) is 9.99. The van der Waals surface area contributed by atoms with Crippen molar-refractivity contribution < 1.29 is 37.6 Å². The topological polar surface area (TPSA) is 37.4 Å². The molecule has 0 aliphatic rings. The Morgan fingerprint density at radius 2 is 1.71 bits per heavy atom. The molecule has 0 radical (unpaired) electrons. The average Bonchev–Trinajstić information content (AvgIpc) is 2.67. The first kappa shape index (κ1) is 23.0. The van der Waals surface area contributed by atoms with E-state index in [1.54, 1.807) is 12.1 Å². The maximum atomic E-state index is 14.9. The third kappa shape index (κ3) is 5.22. The van der Waals surface area contributed by atoms with Crippen LogP contribution in [0.15, 0.2) is 41.3 Å². The Morgan fingerprint density at radius 1 is 1.07 bits per heavy atom. The van der Waals surface area contributed by atoms with Gasteiger partial charge >= 0.3 is 179 Å². The quantitative estimate of drug-likeness (QED) is 0.521. The van der Waals surface area contributed by atoms with E-state index >= 15 is 0 Å². The molecule has 1 unspecified atom stereocenters. The fraction of sp³-hybridized carbons (Fsp3) is 0.429. The molecule has 0 bridgehead atoms. The number of anilines is 1. The monoisotopic (exact) mass is 442 g/mol. The molecule has 0 fully saturated rings. The summed E-state index contributed by atoms with van der Waals surface area (Å²) in [5.41, 5.74) is 0.832. The van der Waals surface area contributed by atoms with Crippen molar-refractivity contribution in [2.24, 2.45) is 5.92 Å². The first-order valence-electron chi connectivity index (χ1n) is 9.51. The van der Waals surface area contributed by atoms with Crippen molar-refractivity contribution in [2.75, 3.05) is 10.8 Å². The molecule has 0 saturated heterocycles. The van der Waals surface area contributed by atoms with Crippen LogP contribution in [0.1, 0.15) is 45.1 Å². The number of rotatable bonds is 9. The zero-order chi connectivity index (χ0) is 20.9. The van der Waals surface area contributed by atoms with Crippen LogP contribution in [0.25, 0.3) is 0 Å². The number of hydrogen-bond acceptors (Lipinski definition) is 2. The van der Waals surface area contributed by atoms with Crippen molar-refractivity contribution >= 4 is 19.6 Å². The van der Waals surface area contributed by atoms with Crippen LogP contribution in [-0.4, -0.2) is 15.0 Å². The van der Waals surface area contributed by atoms with Crippen molar-refractivity contribution in [1.29, 1.82) is 0 Å². The van der Waals surface area contributed by atoms with Crippen molar-refractivity contribution in [3.8, 4) is 0 Å². The Hall–Kier alpha value is -1.24. The Labute approximate surface area is 178 Å². The molecule has 28 heavy (non-hydrogen) atoms. The molecule has 7 heteroatoms. The predicted molar refractivity (Wildman–Crippen MR) is 105 cm³/mol. The van der Waals surface area contributed by atoms with Gasteiger partial charge in [-0.2, -0.15) is 0 Å². The molecule has 3 nitrogen and oxygen atoms in total. The van der Waals surface area contributed by atoms with Gasteiger partial charge in [-0.25, -0.2) is 0 Å². The van der Waals surface area contributed by atoms with Crippen molar-refractivity contribution in [1.82, 2.24) is 0 Å². The Balaban J connectivity index is 2.55. The fourth-order valence-electron chi connectivity index (χ4n) is 3.05. The van der Waals surface area contributed by atoms with Gasteiger partial charge in [0.1, 0.15) is 0 Å². The molecule has 0 saturated carbocycles. The van der Waals surface area contributed by atoms with Gasteiger partial charge in [0.05, 0.1) is 0 Å². The van der Waals surface area contributed by atoms with Crippen LogP contribution in [0, 0.1) is 24.5 Å². The molecule has 2 rings (SSSR count).